The van der Waals surface area contributed by atoms with E-state index >= 15 is 0 Å². The minimum Gasteiger partial charge on any atom is -0.450 e. The summed E-state index contributed by atoms with van der Waals surface area (Å²) in [4.78, 5) is 15.8. The zero-order chi connectivity index (χ0) is 11.3. The summed E-state index contributed by atoms with van der Waals surface area (Å²) >= 11 is 5.58. The fraction of sp³-hybridized carbons (Fsp3) is 0.889. The molecule has 88 valence electrons. The predicted octanol–water partition coefficient (Wildman–Crippen LogP) is 0.976. The van der Waals surface area contributed by atoms with Crippen LogP contribution in [0.25, 0.3) is 0 Å². The van der Waals surface area contributed by atoms with Gasteiger partial charge in [-0.05, 0) is 25.1 Å². The van der Waals surface area contributed by atoms with E-state index in [4.69, 9.17) is 21.3 Å². The van der Waals surface area contributed by atoms with Crippen LogP contribution >= 0.6 is 11.8 Å². The maximum absolute atomic E-state index is 11.4. The molecule has 15 heavy (non-hydrogen) atoms. The maximum atomic E-state index is 11.4. The fourth-order valence-corrected chi connectivity index (χ4v) is 1.91. The van der Waals surface area contributed by atoms with Crippen molar-refractivity contribution in [3.05, 3.63) is 0 Å². The molecule has 1 heterocycles. The number of halogens is 1. The summed E-state index contributed by atoms with van der Waals surface area (Å²) in [5.74, 6) is 0. The van der Waals surface area contributed by atoms with Crippen molar-refractivity contribution in [2.75, 3.05) is 26.8 Å². The fourth-order valence-electron chi connectivity index (χ4n) is 1.66. The molecule has 1 N–H and O–H groups in total. The minimum absolute atomic E-state index is 0.0827. The first-order valence-corrected chi connectivity index (χ1v) is 5.41. The number of carbonyl (C=O) groups excluding carboxylic acids is 1. The number of hydrogen-bond donors (Lipinski definition) is 1. The number of amides is 1. The van der Waals surface area contributed by atoms with Gasteiger partial charge >= 0.3 is 6.09 Å². The van der Waals surface area contributed by atoms with Crippen LogP contribution in [0.3, 0.4) is 0 Å². The molecule has 6 heteroatoms. The van der Waals surface area contributed by atoms with Crippen LogP contribution in [0.15, 0.2) is 0 Å². The Morgan fingerprint density at radius 3 is 2.93 bits per heavy atom. The number of ether oxygens (including phenoxy) is 2. The Balaban J connectivity index is 2.48. The average molecular weight is 237 g/mol. The highest BCUT2D eigenvalue weighted by Crippen LogP contribution is 2.15. The van der Waals surface area contributed by atoms with Gasteiger partial charge in [0.15, 0.2) is 0 Å². The molecule has 0 aromatic carbocycles. The molecule has 1 aliphatic rings. The Labute approximate surface area is 94.8 Å². The van der Waals surface area contributed by atoms with Crippen molar-refractivity contribution in [1.29, 1.82) is 0 Å². The van der Waals surface area contributed by atoms with Crippen molar-refractivity contribution in [2.24, 2.45) is 0 Å². The van der Waals surface area contributed by atoms with Crippen LogP contribution in [0.5, 0.6) is 0 Å². The molecule has 1 aliphatic heterocycles. The van der Waals surface area contributed by atoms with Gasteiger partial charge in [-0.1, -0.05) is 0 Å². The van der Waals surface area contributed by atoms with Gasteiger partial charge < -0.3 is 14.4 Å². The summed E-state index contributed by atoms with van der Waals surface area (Å²) in [6.45, 7) is 3.34. The highest BCUT2D eigenvalue weighted by molar-refractivity contribution is 6.13. The van der Waals surface area contributed by atoms with Gasteiger partial charge in [-0.15, -0.1) is 0 Å². The van der Waals surface area contributed by atoms with E-state index in [2.05, 4.69) is 4.84 Å². The monoisotopic (exact) mass is 236 g/mol. The van der Waals surface area contributed by atoms with E-state index < -0.39 is 0 Å². The molecule has 0 saturated carbocycles. The van der Waals surface area contributed by atoms with Crippen molar-refractivity contribution in [3.8, 4) is 0 Å². The summed E-state index contributed by atoms with van der Waals surface area (Å²) in [6, 6.07) is 0.0855. The Morgan fingerprint density at radius 1 is 1.67 bits per heavy atom. The molecule has 0 bridgehead atoms. The molecule has 0 aliphatic carbocycles. The van der Waals surface area contributed by atoms with Crippen molar-refractivity contribution < 1.29 is 14.3 Å². The topological polar surface area (TPSA) is 50.8 Å². The Kier molecular flexibility index (Phi) is 5.14. The van der Waals surface area contributed by atoms with E-state index in [1.54, 1.807) is 18.9 Å². The first-order valence-electron chi connectivity index (χ1n) is 5.03. The van der Waals surface area contributed by atoms with Gasteiger partial charge in [0.05, 0.1) is 25.3 Å². The van der Waals surface area contributed by atoms with E-state index in [-0.39, 0.29) is 18.2 Å². The normalized spacial score (nSPS) is 26.5. The van der Waals surface area contributed by atoms with Crippen LogP contribution in [0.1, 0.15) is 13.3 Å². The second kappa shape index (κ2) is 6.15. The molecule has 0 spiro atoms. The summed E-state index contributed by atoms with van der Waals surface area (Å²) in [7, 11) is 1.61. The van der Waals surface area contributed by atoms with Gasteiger partial charge in [-0.25, -0.2) is 9.63 Å². The molecule has 1 saturated heterocycles. The first kappa shape index (κ1) is 12.5. The molecule has 0 aromatic heterocycles. The summed E-state index contributed by atoms with van der Waals surface area (Å²) in [5, 5.41) is 0. The highest BCUT2D eigenvalue weighted by atomic mass is 35.5. The Bertz CT molecular complexity index is 216. The summed E-state index contributed by atoms with van der Waals surface area (Å²) in [5.41, 5.74) is 0. The van der Waals surface area contributed by atoms with E-state index in [1.165, 1.54) is 0 Å². The second-order valence-electron chi connectivity index (χ2n) is 3.42. The molecule has 1 amide bonds. The number of hydrogen-bond acceptors (Lipinski definition) is 4. The van der Waals surface area contributed by atoms with Crippen molar-refractivity contribution in [3.63, 3.8) is 0 Å². The van der Waals surface area contributed by atoms with Gasteiger partial charge in [0.1, 0.15) is 0 Å². The van der Waals surface area contributed by atoms with Crippen LogP contribution in [-0.2, 0) is 9.47 Å². The lowest BCUT2D eigenvalue weighted by Gasteiger charge is -2.36. The molecule has 0 aromatic rings. The zero-order valence-electron chi connectivity index (χ0n) is 9.03. The van der Waals surface area contributed by atoms with Gasteiger partial charge in [-0.3, -0.25) is 0 Å². The Hall–Kier alpha value is -0.520. The lowest BCUT2D eigenvalue weighted by molar-refractivity contribution is 0.00938. The highest BCUT2D eigenvalue weighted by Gasteiger charge is 2.31. The molecule has 0 radical (unpaired) electrons. The number of nitrogens with one attached hydrogen (secondary N) is 1. The SMILES string of the molecule is CCOC(=O)N1CC[C@@H](NCl)[C@@H](OC)C1. The van der Waals surface area contributed by atoms with Gasteiger partial charge in [0.2, 0.25) is 0 Å². The molecule has 1 fully saturated rings. The van der Waals surface area contributed by atoms with E-state index in [0.29, 0.717) is 19.7 Å². The second-order valence-corrected chi connectivity index (χ2v) is 3.64. The molecule has 2 atom stereocenters. The summed E-state index contributed by atoms with van der Waals surface area (Å²) in [6.07, 6.45) is 0.397. The first-order chi connectivity index (χ1) is 7.22. The van der Waals surface area contributed by atoms with Crippen molar-refractivity contribution in [1.82, 2.24) is 9.74 Å². The van der Waals surface area contributed by atoms with Crippen LogP contribution < -0.4 is 4.84 Å². The van der Waals surface area contributed by atoms with Crippen LogP contribution in [0.4, 0.5) is 4.79 Å². The number of carbonyl (C=O) groups is 1. The number of nitrogens with zero attached hydrogens (tertiary/aromatic N) is 1. The number of methoxy groups -OCH3 is 1. The smallest absolute Gasteiger partial charge is 0.409 e. The zero-order valence-corrected chi connectivity index (χ0v) is 9.79. The van der Waals surface area contributed by atoms with E-state index in [9.17, 15) is 4.79 Å². The van der Waals surface area contributed by atoms with E-state index in [1.807, 2.05) is 0 Å². The molecule has 1 rings (SSSR count). The largest absolute Gasteiger partial charge is 0.450 e. The predicted molar refractivity (Wildman–Crippen MR) is 56.8 cm³/mol. The number of rotatable bonds is 3. The van der Waals surface area contributed by atoms with Gasteiger partial charge in [-0.2, -0.15) is 0 Å². The van der Waals surface area contributed by atoms with Crippen molar-refractivity contribution >= 4 is 17.9 Å². The lowest BCUT2D eigenvalue weighted by Crippen LogP contribution is -2.53. The van der Waals surface area contributed by atoms with Gasteiger partial charge in [0.25, 0.3) is 0 Å². The Morgan fingerprint density at radius 2 is 2.40 bits per heavy atom. The number of piperidine rings is 1. The van der Waals surface area contributed by atoms with Crippen LogP contribution in [0.2, 0.25) is 0 Å². The standard InChI is InChI=1S/C9H17ClN2O3/c1-3-15-9(13)12-5-4-7(11-10)8(6-12)14-2/h7-8,11H,3-6H2,1-2H3/t7-,8+/m1/s1. The number of likely N-dealkylation sites (tertiary alicyclic amines) is 1. The molecule has 5 nitrogen and oxygen atoms in total. The van der Waals surface area contributed by atoms with Crippen LogP contribution in [-0.4, -0.2) is 49.9 Å². The van der Waals surface area contributed by atoms with Gasteiger partial charge in [0, 0.05) is 13.7 Å². The molecule has 0 unspecified atom stereocenters. The summed E-state index contributed by atoms with van der Waals surface area (Å²) < 4.78 is 10.2. The third-order valence-corrected chi connectivity index (χ3v) is 2.81. The third-order valence-electron chi connectivity index (χ3n) is 2.53. The minimum atomic E-state index is -0.285. The average Bonchev–Trinajstić information content (AvgIpc) is 2.28. The third kappa shape index (κ3) is 3.22. The molecular formula is C9H17ClN2O3. The molecular weight excluding hydrogens is 220 g/mol. The lowest BCUT2D eigenvalue weighted by atomic mass is 10.0. The van der Waals surface area contributed by atoms with Crippen molar-refractivity contribution in [2.45, 2.75) is 25.5 Å². The van der Waals surface area contributed by atoms with E-state index in [0.717, 1.165) is 6.42 Å². The quantitative estimate of drug-likeness (QED) is 0.743. The maximum Gasteiger partial charge on any atom is 0.409 e. The van der Waals surface area contributed by atoms with Crippen LogP contribution in [0, 0.1) is 0 Å².